The van der Waals surface area contributed by atoms with Gasteiger partial charge in [-0.15, -0.1) is 23.2 Å². The zero-order valence-electron chi connectivity index (χ0n) is 12.6. The fourth-order valence-corrected chi connectivity index (χ4v) is 3.69. The van der Waals surface area contributed by atoms with E-state index in [1.165, 1.54) is 0 Å². The van der Waals surface area contributed by atoms with Gasteiger partial charge in [0.05, 0.1) is 18.6 Å². The van der Waals surface area contributed by atoms with Crippen LogP contribution in [-0.2, 0) is 14.3 Å². The Bertz CT molecular complexity index is 446. The smallest absolute Gasteiger partial charge is 0.242 e. The Balaban J connectivity index is 1.62. The Kier molecular flexibility index (Phi) is 4.86. The highest BCUT2D eigenvalue weighted by Gasteiger charge is 2.57. The van der Waals surface area contributed by atoms with Crippen LogP contribution in [0.25, 0.3) is 0 Å². The molecule has 5 nitrogen and oxygen atoms in total. The van der Waals surface area contributed by atoms with Crippen molar-refractivity contribution in [3.63, 3.8) is 0 Å². The molecule has 2 aliphatic heterocycles. The summed E-state index contributed by atoms with van der Waals surface area (Å²) in [7, 11) is 0. The van der Waals surface area contributed by atoms with Gasteiger partial charge in [-0.25, -0.2) is 0 Å². The van der Waals surface area contributed by atoms with Crippen molar-refractivity contribution in [1.82, 2.24) is 9.80 Å². The lowest BCUT2D eigenvalue weighted by Crippen LogP contribution is -2.46. The van der Waals surface area contributed by atoms with Crippen molar-refractivity contribution in [3.8, 4) is 0 Å². The van der Waals surface area contributed by atoms with Crippen LogP contribution < -0.4 is 0 Å². The molecule has 3 rings (SSSR count). The number of carbonyl (C=O) groups excluding carboxylic acids is 2. The maximum Gasteiger partial charge on any atom is 0.242 e. The van der Waals surface area contributed by atoms with Gasteiger partial charge in [-0.05, 0) is 32.1 Å². The first kappa shape index (κ1) is 16.3. The molecule has 0 spiro atoms. The maximum absolute atomic E-state index is 12.6. The van der Waals surface area contributed by atoms with E-state index in [0.29, 0.717) is 13.0 Å². The van der Waals surface area contributed by atoms with E-state index in [1.54, 1.807) is 4.90 Å². The van der Waals surface area contributed by atoms with Crippen LogP contribution in [0.1, 0.15) is 32.1 Å². The molecular formula is C15H22Cl2N2O3. The van der Waals surface area contributed by atoms with E-state index in [4.69, 9.17) is 27.9 Å². The minimum absolute atomic E-state index is 0.0132. The molecule has 3 aliphatic rings. The number of likely N-dealkylation sites (tertiary alicyclic amines) is 1. The highest BCUT2D eigenvalue weighted by Crippen LogP contribution is 2.53. The SMILES string of the molecule is O=C(CN(C[C@@H]1CCCO1)C(=O)[C@H]1CC1(Cl)Cl)N1CCCC1. The molecule has 0 unspecified atom stereocenters. The van der Waals surface area contributed by atoms with Crippen LogP contribution in [0.2, 0.25) is 0 Å². The predicted molar refractivity (Wildman–Crippen MR) is 83.9 cm³/mol. The summed E-state index contributed by atoms with van der Waals surface area (Å²) in [5.41, 5.74) is 0. The van der Waals surface area contributed by atoms with Crippen molar-refractivity contribution in [2.24, 2.45) is 5.92 Å². The van der Waals surface area contributed by atoms with Gasteiger partial charge in [0, 0.05) is 26.2 Å². The van der Waals surface area contributed by atoms with Crippen molar-refractivity contribution >= 4 is 35.0 Å². The Morgan fingerprint density at radius 2 is 1.91 bits per heavy atom. The molecule has 7 heteroatoms. The van der Waals surface area contributed by atoms with Crippen LogP contribution in [0.3, 0.4) is 0 Å². The van der Waals surface area contributed by atoms with E-state index in [1.807, 2.05) is 4.90 Å². The van der Waals surface area contributed by atoms with E-state index in [-0.39, 0.29) is 30.4 Å². The van der Waals surface area contributed by atoms with E-state index >= 15 is 0 Å². The number of ether oxygens (including phenoxy) is 1. The molecule has 22 heavy (non-hydrogen) atoms. The van der Waals surface area contributed by atoms with Crippen LogP contribution >= 0.6 is 23.2 Å². The topological polar surface area (TPSA) is 49.9 Å². The zero-order valence-corrected chi connectivity index (χ0v) is 14.1. The average molecular weight is 349 g/mol. The molecule has 1 aliphatic carbocycles. The molecule has 124 valence electrons. The van der Waals surface area contributed by atoms with E-state index in [0.717, 1.165) is 45.4 Å². The Hall–Kier alpha value is -0.520. The number of alkyl halides is 2. The normalized spacial score (nSPS) is 29.6. The Morgan fingerprint density at radius 1 is 1.23 bits per heavy atom. The Labute approximate surface area is 140 Å². The van der Waals surface area contributed by atoms with Gasteiger partial charge in [0.15, 0.2) is 0 Å². The second-order valence-corrected chi connectivity index (χ2v) is 8.00. The number of carbonyl (C=O) groups is 2. The fourth-order valence-electron chi connectivity index (χ4n) is 3.20. The lowest BCUT2D eigenvalue weighted by molar-refractivity contribution is -0.142. The lowest BCUT2D eigenvalue weighted by Gasteiger charge is -2.27. The summed E-state index contributed by atoms with van der Waals surface area (Å²) >= 11 is 12.0. The molecule has 2 saturated heterocycles. The second-order valence-electron chi connectivity index (χ2n) is 6.46. The first-order valence-corrected chi connectivity index (χ1v) is 8.79. The molecule has 0 aromatic rings. The molecule has 0 aromatic heterocycles. The Morgan fingerprint density at radius 3 is 2.45 bits per heavy atom. The van der Waals surface area contributed by atoms with Crippen LogP contribution in [-0.4, -0.2) is 64.8 Å². The summed E-state index contributed by atoms with van der Waals surface area (Å²) in [5.74, 6) is -0.490. The summed E-state index contributed by atoms with van der Waals surface area (Å²) in [6.45, 7) is 2.88. The van der Waals surface area contributed by atoms with Crippen molar-refractivity contribution in [2.45, 2.75) is 42.5 Å². The summed E-state index contributed by atoms with van der Waals surface area (Å²) < 4.78 is 4.65. The summed E-state index contributed by atoms with van der Waals surface area (Å²) in [5, 5.41) is 0. The summed E-state index contributed by atoms with van der Waals surface area (Å²) in [6, 6.07) is 0. The van der Waals surface area contributed by atoms with Crippen molar-refractivity contribution in [1.29, 1.82) is 0 Å². The van der Waals surface area contributed by atoms with E-state index < -0.39 is 4.33 Å². The molecule has 2 amide bonds. The van der Waals surface area contributed by atoms with Gasteiger partial charge >= 0.3 is 0 Å². The van der Waals surface area contributed by atoms with E-state index in [2.05, 4.69) is 0 Å². The molecule has 0 aromatic carbocycles. The largest absolute Gasteiger partial charge is 0.376 e. The van der Waals surface area contributed by atoms with Gasteiger partial charge in [0.25, 0.3) is 0 Å². The van der Waals surface area contributed by atoms with Gasteiger partial charge in [-0.2, -0.15) is 0 Å². The van der Waals surface area contributed by atoms with Crippen LogP contribution in [0.15, 0.2) is 0 Å². The molecular weight excluding hydrogens is 327 g/mol. The minimum atomic E-state index is -0.956. The van der Waals surface area contributed by atoms with Crippen molar-refractivity contribution in [2.75, 3.05) is 32.8 Å². The fraction of sp³-hybridized carbons (Fsp3) is 0.867. The van der Waals surface area contributed by atoms with Gasteiger partial charge in [-0.1, -0.05) is 0 Å². The van der Waals surface area contributed by atoms with Gasteiger partial charge in [0.1, 0.15) is 4.33 Å². The third-order valence-electron chi connectivity index (χ3n) is 4.67. The first-order valence-electron chi connectivity index (χ1n) is 8.03. The average Bonchev–Trinajstić information content (AvgIpc) is 2.97. The van der Waals surface area contributed by atoms with Crippen molar-refractivity contribution < 1.29 is 14.3 Å². The molecule has 0 bridgehead atoms. The van der Waals surface area contributed by atoms with Crippen LogP contribution in [0.4, 0.5) is 0 Å². The third kappa shape index (κ3) is 3.69. The highest BCUT2D eigenvalue weighted by molar-refractivity contribution is 6.52. The van der Waals surface area contributed by atoms with Gasteiger partial charge < -0.3 is 14.5 Å². The number of halogens is 2. The number of rotatable bonds is 5. The number of amides is 2. The summed E-state index contributed by atoms with van der Waals surface area (Å²) in [4.78, 5) is 28.4. The van der Waals surface area contributed by atoms with Gasteiger partial charge in [0.2, 0.25) is 11.8 Å². The first-order chi connectivity index (χ1) is 10.5. The van der Waals surface area contributed by atoms with Crippen LogP contribution in [0, 0.1) is 5.92 Å². The quantitative estimate of drug-likeness (QED) is 0.712. The molecule has 3 fully saturated rings. The van der Waals surface area contributed by atoms with Gasteiger partial charge in [-0.3, -0.25) is 9.59 Å². The predicted octanol–water partition coefficient (Wildman–Crippen LogP) is 1.81. The standard InChI is InChI=1S/C15H22Cl2N2O3/c16-15(17)8-12(15)14(21)19(9-11-4-3-7-22-11)10-13(20)18-5-1-2-6-18/h11-12H,1-10H2/t11-,12+/m0/s1. The molecule has 2 heterocycles. The minimum Gasteiger partial charge on any atom is -0.376 e. The highest BCUT2D eigenvalue weighted by atomic mass is 35.5. The van der Waals surface area contributed by atoms with Crippen molar-refractivity contribution in [3.05, 3.63) is 0 Å². The van der Waals surface area contributed by atoms with Crippen LogP contribution in [0.5, 0.6) is 0 Å². The summed E-state index contributed by atoms with van der Waals surface area (Å²) in [6.07, 6.45) is 4.51. The number of hydrogen-bond donors (Lipinski definition) is 0. The lowest BCUT2D eigenvalue weighted by atomic mass is 10.2. The second kappa shape index (κ2) is 6.54. The maximum atomic E-state index is 12.6. The third-order valence-corrected chi connectivity index (χ3v) is 5.50. The molecule has 0 radical (unpaired) electrons. The van der Waals surface area contributed by atoms with E-state index in [9.17, 15) is 9.59 Å². The number of nitrogens with zero attached hydrogens (tertiary/aromatic N) is 2. The monoisotopic (exact) mass is 348 g/mol. The molecule has 2 atom stereocenters. The zero-order chi connectivity index (χ0) is 15.7. The molecule has 1 saturated carbocycles. The number of hydrogen-bond acceptors (Lipinski definition) is 3. The molecule has 0 N–H and O–H groups in total.